The smallest absolute Gasteiger partial charge is 0.291 e. The monoisotopic (exact) mass is 500 g/mol. The molecule has 0 bridgehead atoms. The van der Waals surface area contributed by atoms with Gasteiger partial charge in [-0.15, -0.1) is 0 Å². The average Bonchev–Trinajstić information content (AvgIpc) is 3.45. The lowest BCUT2D eigenvalue weighted by Gasteiger charge is -2.15. The molecule has 0 unspecified atom stereocenters. The molecule has 2 heterocycles. The Kier molecular flexibility index (Phi) is 8.62. The van der Waals surface area contributed by atoms with Gasteiger partial charge < -0.3 is 19.8 Å². The Balaban J connectivity index is 1.70. The zero-order valence-electron chi connectivity index (χ0n) is 21.1. The average molecular weight is 501 g/mol. The molecule has 3 aromatic rings. The molecule has 1 aromatic carbocycles. The van der Waals surface area contributed by atoms with Crippen molar-refractivity contribution in [3.63, 3.8) is 0 Å². The Bertz CT molecular complexity index is 1200. The van der Waals surface area contributed by atoms with Crippen LogP contribution in [0, 0.1) is 12.8 Å². The second kappa shape index (κ2) is 11.4. The van der Waals surface area contributed by atoms with E-state index >= 15 is 0 Å². The number of aromatic nitrogens is 2. The Hall–Kier alpha value is -3.26. The zero-order chi connectivity index (χ0) is 25.7. The minimum absolute atomic E-state index is 0.109. The van der Waals surface area contributed by atoms with Gasteiger partial charge in [-0.05, 0) is 61.1 Å². The molecule has 0 saturated carbocycles. The SMILES string of the molecule is CCn1cc(NC(=O)c2ccc(COc3cc(C)c(Cl)cc3C(C)C)o2)c(C(=O)NCC(C)C)n1. The second-order valence-electron chi connectivity index (χ2n) is 9.15. The lowest BCUT2D eigenvalue weighted by atomic mass is 10.0. The van der Waals surface area contributed by atoms with E-state index in [2.05, 4.69) is 29.6 Å². The Morgan fingerprint density at radius 2 is 1.91 bits per heavy atom. The van der Waals surface area contributed by atoms with Gasteiger partial charge >= 0.3 is 0 Å². The number of rotatable bonds is 10. The van der Waals surface area contributed by atoms with Gasteiger partial charge in [-0.25, -0.2) is 0 Å². The minimum Gasteiger partial charge on any atom is -0.485 e. The predicted molar refractivity (Wildman–Crippen MR) is 136 cm³/mol. The van der Waals surface area contributed by atoms with E-state index in [1.165, 1.54) is 0 Å². The molecule has 8 nitrogen and oxygen atoms in total. The van der Waals surface area contributed by atoms with Crippen molar-refractivity contribution in [3.8, 4) is 5.75 Å². The molecular formula is C26H33ClN4O4. The zero-order valence-corrected chi connectivity index (χ0v) is 21.8. The summed E-state index contributed by atoms with van der Waals surface area (Å²) in [5.74, 6) is 1.05. The topological polar surface area (TPSA) is 98.4 Å². The summed E-state index contributed by atoms with van der Waals surface area (Å²) in [6.07, 6.45) is 1.63. The predicted octanol–water partition coefficient (Wildman–Crippen LogP) is 5.80. The van der Waals surface area contributed by atoms with Crippen LogP contribution in [-0.4, -0.2) is 28.1 Å². The van der Waals surface area contributed by atoms with E-state index in [0.29, 0.717) is 35.5 Å². The van der Waals surface area contributed by atoms with Gasteiger partial charge in [-0.2, -0.15) is 5.10 Å². The van der Waals surface area contributed by atoms with Crippen LogP contribution >= 0.6 is 11.6 Å². The Morgan fingerprint density at radius 3 is 2.57 bits per heavy atom. The van der Waals surface area contributed by atoms with Crippen LogP contribution in [0.3, 0.4) is 0 Å². The van der Waals surface area contributed by atoms with Gasteiger partial charge in [0.05, 0.1) is 5.69 Å². The van der Waals surface area contributed by atoms with E-state index in [4.69, 9.17) is 20.8 Å². The van der Waals surface area contributed by atoms with Crippen molar-refractivity contribution in [2.45, 2.75) is 60.6 Å². The van der Waals surface area contributed by atoms with Crippen LogP contribution in [0.2, 0.25) is 5.02 Å². The van der Waals surface area contributed by atoms with Crippen LogP contribution in [0.4, 0.5) is 5.69 Å². The molecular weight excluding hydrogens is 468 g/mol. The maximum Gasteiger partial charge on any atom is 0.291 e. The first-order valence-electron chi connectivity index (χ1n) is 11.8. The fraction of sp³-hybridized carbons (Fsp3) is 0.423. The lowest BCUT2D eigenvalue weighted by Crippen LogP contribution is -2.28. The van der Waals surface area contributed by atoms with Crippen LogP contribution in [0.5, 0.6) is 5.75 Å². The van der Waals surface area contributed by atoms with Crippen LogP contribution in [-0.2, 0) is 13.2 Å². The van der Waals surface area contributed by atoms with Crippen molar-refractivity contribution in [2.75, 3.05) is 11.9 Å². The molecule has 0 aliphatic rings. The summed E-state index contributed by atoms with van der Waals surface area (Å²) in [5.41, 5.74) is 2.41. The minimum atomic E-state index is -0.477. The first-order chi connectivity index (χ1) is 16.6. The third-order valence-electron chi connectivity index (χ3n) is 5.39. The molecule has 0 fully saturated rings. The summed E-state index contributed by atoms with van der Waals surface area (Å²) in [6, 6.07) is 7.10. The first-order valence-corrected chi connectivity index (χ1v) is 12.1. The van der Waals surface area contributed by atoms with E-state index in [9.17, 15) is 9.59 Å². The number of aryl methyl sites for hydroxylation is 2. The number of anilines is 1. The standard InChI is InChI=1S/C26H33ClN4O4/c1-7-31-13-21(24(30-31)26(33)28-12-15(2)3)29-25(32)22-9-8-18(35-22)14-34-23-10-17(6)20(27)11-19(23)16(4)5/h8-11,13,15-16H,7,12,14H2,1-6H3,(H,28,33)(H,29,32). The van der Waals surface area contributed by atoms with Gasteiger partial charge in [0.1, 0.15) is 18.1 Å². The third-order valence-corrected chi connectivity index (χ3v) is 5.80. The van der Waals surface area contributed by atoms with Crippen molar-refractivity contribution in [3.05, 3.63) is 63.8 Å². The van der Waals surface area contributed by atoms with Crippen molar-refractivity contribution in [2.24, 2.45) is 5.92 Å². The van der Waals surface area contributed by atoms with Crippen LogP contribution in [0.25, 0.3) is 0 Å². The summed E-state index contributed by atoms with van der Waals surface area (Å²) in [5, 5.41) is 10.6. The molecule has 0 spiro atoms. The molecule has 0 aliphatic heterocycles. The van der Waals surface area contributed by atoms with Crippen molar-refractivity contribution < 1.29 is 18.7 Å². The second-order valence-corrected chi connectivity index (χ2v) is 9.56. The van der Waals surface area contributed by atoms with Gasteiger partial charge in [-0.3, -0.25) is 14.3 Å². The highest BCUT2D eigenvalue weighted by Gasteiger charge is 2.21. The number of carbonyl (C=O) groups is 2. The summed E-state index contributed by atoms with van der Waals surface area (Å²) in [7, 11) is 0. The normalized spacial score (nSPS) is 11.2. The number of nitrogens with one attached hydrogen (secondary N) is 2. The summed E-state index contributed by atoms with van der Waals surface area (Å²) in [4.78, 5) is 25.4. The molecule has 3 rings (SSSR count). The van der Waals surface area contributed by atoms with E-state index in [0.717, 1.165) is 16.9 Å². The van der Waals surface area contributed by atoms with Crippen molar-refractivity contribution in [1.82, 2.24) is 15.1 Å². The van der Waals surface area contributed by atoms with Crippen LogP contribution < -0.4 is 15.4 Å². The summed E-state index contributed by atoms with van der Waals surface area (Å²) < 4.78 is 13.3. The van der Waals surface area contributed by atoms with Crippen LogP contribution in [0.1, 0.15) is 78.5 Å². The van der Waals surface area contributed by atoms with Gasteiger partial charge in [0.25, 0.3) is 11.8 Å². The fourth-order valence-corrected chi connectivity index (χ4v) is 3.55. The van der Waals surface area contributed by atoms with E-state index < -0.39 is 5.91 Å². The highest BCUT2D eigenvalue weighted by Crippen LogP contribution is 2.32. The van der Waals surface area contributed by atoms with E-state index in [-0.39, 0.29) is 29.9 Å². The molecule has 0 radical (unpaired) electrons. The van der Waals surface area contributed by atoms with Gasteiger partial charge in [0.2, 0.25) is 0 Å². The Labute approximate surface area is 211 Å². The summed E-state index contributed by atoms with van der Waals surface area (Å²) >= 11 is 6.27. The number of nitrogens with zero attached hydrogens (tertiary/aromatic N) is 2. The highest BCUT2D eigenvalue weighted by atomic mass is 35.5. The maximum atomic E-state index is 12.8. The number of carbonyl (C=O) groups excluding carboxylic acids is 2. The lowest BCUT2D eigenvalue weighted by molar-refractivity contribution is 0.0944. The molecule has 0 saturated heterocycles. The third kappa shape index (κ3) is 6.66. The van der Waals surface area contributed by atoms with Crippen molar-refractivity contribution >= 4 is 29.1 Å². The molecule has 9 heteroatoms. The number of ether oxygens (including phenoxy) is 1. The number of hydrogen-bond acceptors (Lipinski definition) is 5. The highest BCUT2D eigenvalue weighted by molar-refractivity contribution is 6.31. The fourth-order valence-electron chi connectivity index (χ4n) is 3.38. The summed E-state index contributed by atoms with van der Waals surface area (Å²) in [6.45, 7) is 13.2. The van der Waals surface area contributed by atoms with Gasteiger partial charge in [-0.1, -0.05) is 39.3 Å². The number of amides is 2. The molecule has 35 heavy (non-hydrogen) atoms. The number of hydrogen-bond donors (Lipinski definition) is 2. The molecule has 2 amide bonds. The number of halogens is 1. The van der Waals surface area contributed by atoms with E-state index in [1.807, 2.05) is 39.8 Å². The first kappa shape index (κ1) is 26.3. The molecule has 2 N–H and O–H groups in total. The van der Waals surface area contributed by atoms with Crippen molar-refractivity contribution in [1.29, 1.82) is 0 Å². The molecule has 188 valence electrons. The van der Waals surface area contributed by atoms with E-state index in [1.54, 1.807) is 23.0 Å². The van der Waals surface area contributed by atoms with Gasteiger partial charge in [0.15, 0.2) is 11.5 Å². The van der Waals surface area contributed by atoms with Crippen LogP contribution in [0.15, 0.2) is 34.9 Å². The number of benzene rings is 1. The molecule has 0 atom stereocenters. The molecule has 0 aliphatic carbocycles. The quantitative estimate of drug-likeness (QED) is 0.366. The molecule has 2 aromatic heterocycles. The van der Waals surface area contributed by atoms with Gasteiger partial charge in [0, 0.05) is 24.3 Å². The number of furan rings is 1. The Morgan fingerprint density at radius 1 is 1.17 bits per heavy atom. The largest absolute Gasteiger partial charge is 0.485 e. The maximum absolute atomic E-state index is 12.8.